The molecule has 1 saturated heterocycles. The molecule has 0 saturated carbocycles. The number of hydrogen-bond acceptors (Lipinski definition) is 3. The number of hydrogen-bond donors (Lipinski definition) is 0. The summed E-state index contributed by atoms with van der Waals surface area (Å²) in [5.41, 5.74) is 4.56. The number of aryl methyl sites for hydroxylation is 2. The van der Waals surface area contributed by atoms with Crippen LogP contribution < -0.4 is 0 Å². The van der Waals surface area contributed by atoms with Crippen LogP contribution in [-0.2, 0) is 9.47 Å². The summed E-state index contributed by atoms with van der Waals surface area (Å²) in [5.74, 6) is 0.0432. The van der Waals surface area contributed by atoms with E-state index in [1.807, 2.05) is 50.2 Å². The normalized spacial score (nSPS) is 15.3. The van der Waals surface area contributed by atoms with Gasteiger partial charge in [-0.3, -0.25) is 4.79 Å². The molecular weight excluding hydrogens is 264 g/mol. The summed E-state index contributed by atoms with van der Waals surface area (Å²) in [6.07, 6.45) is -0.296. The van der Waals surface area contributed by atoms with E-state index in [4.69, 9.17) is 9.47 Å². The lowest BCUT2D eigenvalue weighted by Gasteiger charge is -2.10. The molecule has 3 rings (SSSR count). The summed E-state index contributed by atoms with van der Waals surface area (Å²) < 4.78 is 10.9. The van der Waals surface area contributed by atoms with Crippen LogP contribution in [0.25, 0.3) is 0 Å². The second-order valence-corrected chi connectivity index (χ2v) is 5.40. The summed E-state index contributed by atoms with van der Waals surface area (Å²) >= 11 is 0. The standard InChI is InChI=1S/C18H18O3/c1-12-9-13(2)11-16(10-12)17(19)14-3-5-15(6-4-14)18-20-7-8-21-18/h3-6,9-11,18H,7-8H2,1-2H3. The number of rotatable bonds is 3. The SMILES string of the molecule is Cc1cc(C)cc(C(=O)c2ccc(C3OCCO3)cc2)c1. The maximum Gasteiger partial charge on any atom is 0.193 e. The first-order chi connectivity index (χ1) is 10.1. The Morgan fingerprint density at radius 3 is 2.05 bits per heavy atom. The Morgan fingerprint density at radius 1 is 0.905 bits per heavy atom. The van der Waals surface area contributed by atoms with Gasteiger partial charge in [0.2, 0.25) is 0 Å². The summed E-state index contributed by atoms with van der Waals surface area (Å²) in [6, 6.07) is 13.4. The van der Waals surface area contributed by atoms with Crippen molar-refractivity contribution in [1.82, 2.24) is 0 Å². The summed E-state index contributed by atoms with van der Waals surface area (Å²) in [6.45, 7) is 5.24. The third-order valence-corrected chi connectivity index (χ3v) is 3.55. The minimum absolute atomic E-state index is 0.0432. The van der Waals surface area contributed by atoms with Crippen LogP contribution in [0.15, 0.2) is 42.5 Å². The van der Waals surface area contributed by atoms with Gasteiger partial charge in [0.05, 0.1) is 13.2 Å². The van der Waals surface area contributed by atoms with Crippen molar-refractivity contribution in [3.8, 4) is 0 Å². The van der Waals surface area contributed by atoms with Crippen LogP contribution in [0, 0.1) is 13.8 Å². The van der Waals surface area contributed by atoms with Crippen molar-refractivity contribution in [3.05, 3.63) is 70.3 Å². The fraction of sp³-hybridized carbons (Fsp3) is 0.278. The van der Waals surface area contributed by atoms with Gasteiger partial charge >= 0.3 is 0 Å². The summed E-state index contributed by atoms with van der Waals surface area (Å²) in [7, 11) is 0. The minimum Gasteiger partial charge on any atom is -0.346 e. The lowest BCUT2D eigenvalue weighted by atomic mass is 9.98. The van der Waals surface area contributed by atoms with Crippen LogP contribution in [0.3, 0.4) is 0 Å². The molecule has 0 spiro atoms. The molecule has 0 amide bonds. The van der Waals surface area contributed by atoms with Crippen LogP contribution in [-0.4, -0.2) is 19.0 Å². The van der Waals surface area contributed by atoms with Crippen molar-refractivity contribution in [3.63, 3.8) is 0 Å². The Morgan fingerprint density at radius 2 is 1.48 bits per heavy atom. The molecule has 0 aromatic heterocycles. The fourth-order valence-electron chi connectivity index (χ4n) is 2.61. The molecule has 3 heteroatoms. The third kappa shape index (κ3) is 3.04. The fourth-order valence-corrected chi connectivity index (χ4v) is 2.61. The third-order valence-electron chi connectivity index (χ3n) is 3.55. The zero-order valence-electron chi connectivity index (χ0n) is 12.3. The molecule has 108 valence electrons. The predicted molar refractivity (Wildman–Crippen MR) is 80.4 cm³/mol. The van der Waals surface area contributed by atoms with Crippen LogP contribution >= 0.6 is 0 Å². The molecule has 1 fully saturated rings. The van der Waals surface area contributed by atoms with Crippen molar-refractivity contribution < 1.29 is 14.3 Å². The molecule has 0 N–H and O–H groups in total. The van der Waals surface area contributed by atoms with Crippen LogP contribution in [0.1, 0.15) is 38.9 Å². The first-order valence-electron chi connectivity index (χ1n) is 7.09. The minimum atomic E-state index is -0.296. The zero-order valence-corrected chi connectivity index (χ0v) is 12.3. The van der Waals surface area contributed by atoms with Gasteiger partial charge in [-0.1, -0.05) is 41.5 Å². The molecule has 21 heavy (non-hydrogen) atoms. The number of ketones is 1. The molecule has 2 aromatic rings. The Kier molecular flexibility index (Phi) is 3.86. The second kappa shape index (κ2) is 5.80. The molecule has 1 aliphatic rings. The largest absolute Gasteiger partial charge is 0.346 e. The number of carbonyl (C=O) groups excluding carboxylic acids is 1. The molecule has 0 aliphatic carbocycles. The maximum absolute atomic E-state index is 12.5. The van der Waals surface area contributed by atoms with Gasteiger partial charge in [0, 0.05) is 16.7 Å². The van der Waals surface area contributed by atoms with E-state index in [9.17, 15) is 4.79 Å². The van der Waals surface area contributed by atoms with Crippen molar-refractivity contribution in [2.75, 3.05) is 13.2 Å². The number of carbonyl (C=O) groups is 1. The van der Waals surface area contributed by atoms with E-state index in [2.05, 4.69) is 6.07 Å². The Balaban J connectivity index is 1.84. The van der Waals surface area contributed by atoms with E-state index in [-0.39, 0.29) is 12.1 Å². The van der Waals surface area contributed by atoms with Gasteiger partial charge in [-0.05, 0) is 26.0 Å². The lowest BCUT2D eigenvalue weighted by molar-refractivity contribution is -0.0441. The lowest BCUT2D eigenvalue weighted by Crippen LogP contribution is -2.04. The topological polar surface area (TPSA) is 35.5 Å². The highest BCUT2D eigenvalue weighted by atomic mass is 16.7. The monoisotopic (exact) mass is 282 g/mol. The molecule has 0 bridgehead atoms. The average molecular weight is 282 g/mol. The smallest absolute Gasteiger partial charge is 0.193 e. The highest BCUT2D eigenvalue weighted by Gasteiger charge is 2.18. The van der Waals surface area contributed by atoms with E-state index in [0.29, 0.717) is 18.8 Å². The van der Waals surface area contributed by atoms with E-state index >= 15 is 0 Å². The van der Waals surface area contributed by atoms with Gasteiger partial charge in [-0.15, -0.1) is 0 Å². The number of benzene rings is 2. The molecule has 0 radical (unpaired) electrons. The maximum atomic E-state index is 12.5. The Hall–Kier alpha value is -1.97. The van der Waals surface area contributed by atoms with Crippen molar-refractivity contribution >= 4 is 5.78 Å². The van der Waals surface area contributed by atoms with Gasteiger partial charge in [0.15, 0.2) is 12.1 Å². The molecule has 0 unspecified atom stereocenters. The molecule has 0 atom stereocenters. The first-order valence-corrected chi connectivity index (χ1v) is 7.09. The summed E-state index contributed by atoms with van der Waals surface area (Å²) in [5, 5.41) is 0. The quantitative estimate of drug-likeness (QED) is 0.807. The van der Waals surface area contributed by atoms with Crippen LogP contribution in [0.5, 0.6) is 0 Å². The molecule has 3 nitrogen and oxygen atoms in total. The van der Waals surface area contributed by atoms with E-state index < -0.39 is 0 Å². The van der Waals surface area contributed by atoms with Crippen LogP contribution in [0.4, 0.5) is 0 Å². The zero-order chi connectivity index (χ0) is 14.8. The second-order valence-electron chi connectivity index (χ2n) is 5.40. The van der Waals surface area contributed by atoms with Crippen molar-refractivity contribution in [1.29, 1.82) is 0 Å². The number of ether oxygens (including phenoxy) is 2. The van der Waals surface area contributed by atoms with Gasteiger partial charge in [0.1, 0.15) is 0 Å². The van der Waals surface area contributed by atoms with Gasteiger partial charge in [-0.25, -0.2) is 0 Å². The Bertz CT molecular complexity index is 632. The predicted octanol–water partition coefficient (Wildman–Crippen LogP) is 3.58. The summed E-state index contributed by atoms with van der Waals surface area (Å²) in [4.78, 5) is 12.5. The van der Waals surface area contributed by atoms with Gasteiger partial charge in [0.25, 0.3) is 0 Å². The highest BCUT2D eigenvalue weighted by Crippen LogP contribution is 2.24. The van der Waals surface area contributed by atoms with E-state index in [1.165, 1.54) is 0 Å². The first kappa shape index (κ1) is 14.0. The van der Waals surface area contributed by atoms with Gasteiger partial charge < -0.3 is 9.47 Å². The average Bonchev–Trinajstić information content (AvgIpc) is 3.00. The van der Waals surface area contributed by atoms with Crippen molar-refractivity contribution in [2.45, 2.75) is 20.1 Å². The van der Waals surface area contributed by atoms with Gasteiger partial charge in [-0.2, -0.15) is 0 Å². The molecule has 1 aliphatic heterocycles. The Labute approximate surface area is 124 Å². The molecule has 1 heterocycles. The van der Waals surface area contributed by atoms with E-state index in [0.717, 1.165) is 22.3 Å². The highest BCUT2D eigenvalue weighted by molar-refractivity contribution is 6.09. The van der Waals surface area contributed by atoms with Crippen LogP contribution in [0.2, 0.25) is 0 Å². The van der Waals surface area contributed by atoms with E-state index in [1.54, 1.807) is 0 Å². The molecular formula is C18H18O3. The molecule has 2 aromatic carbocycles. The van der Waals surface area contributed by atoms with Crippen molar-refractivity contribution in [2.24, 2.45) is 0 Å².